The lowest BCUT2D eigenvalue weighted by Crippen LogP contribution is -2.25. The zero-order valence-electron chi connectivity index (χ0n) is 16.3. The van der Waals surface area contributed by atoms with Crippen molar-refractivity contribution in [3.63, 3.8) is 0 Å². The molecule has 2 amide bonds. The van der Waals surface area contributed by atoms with Gasteiger partial charge in [-0.1, -0.05) is 19.9 Å². The van der Waals surface area contributed by atoms with E-state index in [0.29, 0.717) is 25.1 Å². The van der Waals surface area contributed by atoms with Crippen molar-refractivity contribution in [3.8, 4) is 0 Å². The van der Waals surface area contributed by atoms with Crippen molar-refractivity contribution in [2.75, 3.05) is 17.2 Å². The second kappa shape index (κ2) is 9.80. The fraction of sp³-hybridized carbons (Fsp3) is 0.333. The molecule has 1 aliphatic heterocycles. The van der Waals surface area contributed by atoms with E-state index in [-0.39, 0.29) is 47.6 Å². The molecule has 1 aliphatic rings. The number of rotatable bonds is 5. The predicted octanol–water partition coefficient (Wildman–Crippen LogP) is 4.27. The first kappa shape index (κ1) is 22.8. The van der Waals surface area contributed by atoms with E-state index < -0.39 is 17.5 Å². The molecule has 8 heteroatoms. The van der Waals surface area contributed by atoms with Gasteiger partial charge in [0.15, 0.2) is 0 Å². The van der Waals surface area contributed by atoms with Gasteiger partial charge in [0.2, 0.25) is 5.91 Å². The lowest BCUT2D eigenvalue weighted by Gasteiger charge is -2.19. The summed E-state index contributed by atoms with van der Waals surface area (Å²) in [6.07, 6.45) is 0.819. The van der Waals surface area contributed by atoms with Crippen LogP contribution < -0.4 is 16.0 Å². The van der Waals surface area contributed by atoms with Crippen molar-refractivity contribution in [1.29, 1.82) is 0 Å². The molecule has 0 unspecified atom stereocenters. The quantitative estimate of drug-likeness (QED) is 0.672. The number of benzene rings is 2. The summed E-state index contributed by atoms with van der Waals surface area (Å²) in [5.74, 6) is -1.94. The molecule has 0 spiro atoms. The molecule has 3 N–H and O–H groups in total. The second-order valence-electron chi connectivity index (χ2n) is 7.29. The van der Waals surface area contributed by atoms with Crippen LogP contribution in [0.2, 0.25) is 0 Å². The van der Waals surface area contributed by atoms with E-state index in [1.54, 1.807) is 6.07 Å². The highest BCUT2D eigenvalue weighted by Crippen LogP contribution is 2.25. The molecule has 0 saturated carbocycles. The molecule has 2 aromatic rings. The minimum atomic E-state index is -0.721. The molecule has 0 bridgehead atoms. The smallest absolute Gasteiger partial charge is 0.255 e. The minimum absolute atomic E-state index is 0. The lowest BCUT2D eigenvalue weighted by atomic mass is 9.99. The lowest BCUT2D eigenvalue weighted by molar-refractivity contribution is -0.116. The van der Waals surface area contributed by atoms with Crippen molar-refractivity contribution >= 4 is 35.6 Å². The van der Waals surface area contributed by atoms with Gasteiger partial charge in [-0.3, -0.25) is 9.59 Å². The normalized spacial score (nSPS) is 12.7. The van der Waals surface area contributed by atoms with E-state index in [2.05, 4.69) is 16.0 Å². The third-order valence-corrected chi connectivity index (χ3v) is 4.55. The van der Waals surface area contributed by atoms with Crippen molar-refractivity contribution < 1.29 is 18.4 Å². The molecule has 2 aromatic carbocycles. The zero-order valence-corrected chi connectivity index (χ0v) is 17.1. The number of carbonyl (C=O) groups is 2. The van der Waals surface area contributed by atoms with Crippen LogP contribution in [-0.4, -0.2) is 18.4 Å². The third kappa shape index (κ3) is 5.52. The van der Waals surface area contributed by atoms with Crippen LogP contribution in [0.4, 0.5) is 20.2 Å². The summed E-state index contributed by atoms with van der Waals surface area (Å²) in [5.41, 5.74) is 1.58. The standard InChI is InChI=1S/C21H23F2N3O2.ClH/c1-12(2)9-19(27)25-17-5-3-13(10-16(17)22)21(28)26-18-6-4-14-11-24-8-7-15(14)20(18)23;/h3-6,10,12,24H,7-9,11H2,1-2H3,(H,25,27)(H,26,28);1H. The van der Waals surface area contributed by atoms with Gasteiger partial charge in [-0.2, -0.15) is 0 Å². The van der Waals surface area contributed by atoms with Crippen molar-refractivity contribution in [2.45, 2.75) is 33.2 Å². The van der Waals surface area contributed by atoms with Gasteiger partial charge in [0, 0.05) is 18.5 Å². The van der Waals surface area contributed by atoms with Crippen LogP contribution in [0.5, 0.6) is 0 Å². The molecule has 0 atom stereocenters. The number of hydrogen-bond acceptors (Lipinski definition) is 3. The Hall–Kier alpha value is -2.51. The first-order valence-electron chi connectivity index (χ1n) is 9.27. The highest BCUT2D eigenvalue weighted by Gasteiger charge is 2.19. The number of fused-ring (bicyclic) bond motifs is 1. The summed E-state index contributed by atoms with van der Waals surface area (Å²) in [6, 6.07) is 7.03. The minimum Gasteiger partial charge on any atom is -0.324 e. The highest BCUT2D eigenvalue weighted by molar-refractivity contribution is 6.05. The molecule has 156 valence electrons. The Kier molecular flexibility index (Phi) is 7.70. The Morgan fingerprint density at radius 1 is 1.10 bits per heavy atom. The van der Waals surface area contributed by atoms with Crippen molar-refractivity contribution in [2.24, 2.45) is 5.92 Å². The maximum absolute atomic E-state index is 14.7. The van der Waals surface area contributed by atoms with Gasteiger partial charge in [-0.25, -0.2) is 8.78 Å². The summed E-state index contributed by atoms with van der Waals surface area (Å²) in [5, 5.41) is 8.15. The Morgan fingerprint density at radius 3 is 2.52 bits per heavy atom. The van der Waals surface area contributed by atoms with Gasteiger partial charge in [0.25, 0.3) is 5.91 Å². The van der Waals surface area contributed by atoms with Gasteiger partial charge < -0.3 is 16.0 Å². The highest BCUT2D eigenvalue weighted by atomic mass is 35.5. The number of amides is 2. The largest absolute Gasteiger partial charge is 0.324 e. The maximum atomic E-state index is 14.7. The van der Waals surface area contributed by atoms with Crippen LogP contribution >= 0.6 is 12.4 Å². The number of nitrogens with one attached hydrogen (secondary N) is 3. The number of hydrogen-bond donors (Lipinski definition) is 3. The molecule has 0 radical (unpaired) electrons. The average Bonchev–Trinajstić information content (AvgIpc) is 2.65. The summed E-state index contributed by atoms with van der Waals surface area (Å²) in [4.78, 5) is 24.2. The van der Waals surface area contributed by atoms with Gasteiger partial charge in [0.05, 0.1) is 11.4 Å². The first-order chi connectivity index (χ1) is 13.3. The Morgan fingerprint density at radius 2 is 1.83 bits per heavy atom. The average molecular weight is 424 g/mol. The van der Waals surface area contributed by atoms with Gasteiger partial charge in [-0.15, -0.1) is 12.4 Å². The summed E-state index contributed by atoms with van der Waals surface area (Å²) in [7, 11) is 0. The van der Waals surface area contributed by atoms with E-state index in [9.17, 15) is 18.4 Å². The molecule has 0 fully saturated rings. The maximum Gasteiger partial charge on any atom is 0.255 e. The molecule has 1 heterocycles. The fourth-order valence-corrected chi connectivity index (χ4v) is 3.15. The monoisotopic (exact) mass is 423 g/mol. The summed E-state index contributed by atoms with van der Waals surface area (Å²) < 4.78 is 28.9. The Labute approximate surface area is 174 Å². The molecule has 0 aromatic heterocycles. The van der Waals surface area contributed by atoms with E-state index in [1.165, 1.54) is 18.2 Å². The number of halogens is 3. The molecule has 0 aliphatic carbocycles. The topological polar surface area (TPSA) is 70.2 Å². The van der Waals surface area contributed by atoms with Crippen LogP contribution in [0.3, 0.4) is 0 Å². The Balaban J connectivity index is 0.00000300. The van der Waals surface area contributed by atoms with Crippen LogP contribution in [0, 0.1) is 17.6 Å². The third-order valence-electron chi connectivity index (χ3n) is 4.55. The van der Waals surface area contributed by atoms with E-state index in [1.807, 2.05) is 13.8 Å². The second-order valence-corrected chi connectivity index (χ2v) is 7.29. The van der Waals surface area contributed by atoms with Gasteiger partial charge in [-0.05, 0) is 54.3 Å². The molecule has 0 saturated heterocycles. The van der Waals surface area contributed by atoms with Crippen LogP contribution in [0.25, 0.3) is 0 Å². The molecule has 3 rings (SSSR count). The SMILES string of the molecule is CC(C)CC(=O)Nc1ccc(C(=O)Nc2ccc3c(c2F)CCNC3)cc1F.Cl. The number of carbonyl (C=O) groups excluding carboxylic acids is 2. The van der Waals surface area contributed by atoms with E-state index in [4.69, 9.17) is 0 Å². The fourth-order valence-electron chi connectivity index (χ4n) is 3.15. The van der Waals surface area contributed by atoms with Crippen molar-refractivity contribution in [3.05, 3.63) is 58.7 Å². The van der Waals surface area contributed by atoms with Crippen LogP contribution in [-0.2, 0) is 17.8 Å². The van der Waals surface area contributed by atoms with Gasteiger partial charge >= 0.3 is 0 Å². The first-order valence-corrected chi connectivity index (χ1v) is 9.27. The van der Waals surface area contributed by atoms with E-state index in [0.717, 1.165) is 11.6 Å². The summed E-state index contributed by atoms with van der Waals surface area (Å²) >= 11 is 0. The molecular formula is C21H24ClF2N3O2. The molecule has 29 heavy (non-hydrogen) atoms. The summed E-state index contributed by atoms with van der Waals surface area (Å²) in [6.45, 7) is 5.05. The number of anilines is 2. The van der Waals surface area contributed by atoms with Crippen LogP contribution in [0.1, 0.15) is 41.8 Å². The molecular weight excluding hydrogens is 400 g/mol. The van der Waals surface area contributed by atoms with Gasteiger partial charge in [0.1, 0.15) is 11.6 Å². The van der Waals surface area contributed by atoms with Crippen molar-refractivity contribution in [1.82, 2.24) is 5.32 Å². The van der Waals surface area contributed by atoms with E-state index >= 15 is 0 Å². The van der Waals surface area contributed by atoms with Crippen LogP contribution in [0.15, 0.2) is 30.3 Å². The Bertz CT molecular complexity index is 919. The zero-order chi connectivity index (χ0) is 20.3. The predicted molar refractivity (Wildman–Crippen MR) is 111 cm³/mol. The molecule has 5 nitrogen and oxygen atoms in total.